The van der Waals surface area contributed by atoms with E-state index >= 15 is 0 Å². The number of methoxy groups -OCH3 is 1. The Morgan fingerprint density at radius 1 is 1.52 bits per heavy atom. The molecule has 2 rings (SSSR count). The van der Waals surface area contributed by atoms with Crippen LogP contribution in [0.3, 0.4) is 0 Å². The molecule has 21 heavy (non-hydrogen) atoms. The molecule has 1 unspecified atom stereocenters. The molecule has 5 nitrogen and oxygen atoms in total. The Hall–Kier alpha value is -2.05. The Labute approximate surface area is 124 Å². The molecule has 1 aromatic carbocycles. The average molecular weight is 286 g/mol. The number of benzene rings is 1. The Morgan fingerprint density at radius 2 is 2.38 bits per heavy atom. The summed E-state index contributed by atoms with van der Waals surface area (Å²) in [7, 11) is 1.60. The maximum atomic E-state index is 8.92. The number of rotatable bonds is 3. The van der Waals surface area contributed by atoms with Gasteiger partial charge in [0, 0.05) is 19.6 Å². The topological polar surface area (TPSA) is 65.7 Å². The van der Waals surface area contributed by atoms with Gasteiger partial charge in [-0.1, -0.05) is 17.9 Å². The van der Waals surface area contributed by atoms with E-state index in [4.69, 9.17) is 19.8 Å². The van der Waals surface area contributed by atoms with Crippen molar-refractivity contribution in [2.24, 2.45) is 0 Å². The highest BCUT2D eigenvalue weighted by molar-refractivity contribution is 5.48. The molecule has 0 spiro atoms. The highest BCUT2D eigenvalue weighted by Crippen LogP contribution is 2.20. The van der Waals surface area contributed by atoms with Crippen LogP contribution in [0.15, 0.2) is 18.2 Å². The van der Waals surface area contributed by atoms with E-state index in [1.807, 2.05) is 18.2 Å². The molecule has 1 aromatic rings. The molecule has 0 aromatic heterocycles. The van der Waals surface area contributed by atoms with Gasteiger partial charge in [-0.25, -0.2) is 0 Å². The molecule has 0 radical (unpaired) electrons. The summed E-state index contributed by atoms with van der Waals surface area (Å²) in [5, 5.41) is 17.7. The number of hydrogen-bond acceptors (Lipinski definition) is 5. The van der Waals surface area contributed by atoms with Gasteiger partial charge in [-0.2, -0.15) is 5.26 Å². The molecular formula is C16H18N2O3. The number of aliphatic hydroxyl groups excluding tert-OH is 1. The Balaban J connectivity index is 2.11. The highest BCUT2D eigenvalue weighted by atomic mass is 16.5. The fourth-order valence-corrected chi connectivity index (χ4v) is 2.27. The minimum absolute atomic E-state index is 0.180. The second-order valence-corrected chi connectivity index (χ2v) is 4.72. The summed E-state index contributed by atoms with van der Waals surface area (Å²) in [6.07, 6.45) is -0.356. The first-order chi connectivity index (χ1) is 10.3. The van der Waals surface area contributed by atoms with Crippen LogP contribution in [-0.4, -0.2) is 49.5 Å². The van der Waals surface area contributed by atoms with Crippen LogP contribution in [0, 0.1) is 23.2 Å². The summed E-state index contributed by atoms with van der Waals surface area (Å²) in [5.41, 5.74) is 1.85. The predicted octanol–water partition coefficient (Wildman–Crippen LogP) is 0.763. The lowest BCUT2D eigenvalue weighted by molar-refractivity contribution is -0.00269. The lowest BCUT2D eigenvalue weighted by Crippen LogP contribution is -2.41. The quantitative estimate of drug-likeness (QED) is 0.831. The third-order valence-corrected chi connectivity index (χ3v) is 3.27. The second-order valence-electron chi connectivity index (χ2n) is 4.72. The van der Waals surface area contributed by atoms with Gasteiger partial charge >= 0.3 is 0 Å². The molecule has 1 aliphatic heterocycles. The normalized spacial score (nSPS) is 18.4. The minimum Gasteiger partial charge on any atom is -0.495 e. The average Bonchev–Trinajstić information content (AvgIpc) is 2.53. The van der Waals surface area contributed by atoms with Crippen LogP contribution in [0.4, 0.5) is 0 Å². The van der Waals surface area contributed by atoms with E-state index in [2.05, 4.69) is 22.8 Å². The van der Waals surface area contributed by atoms with E-state index in [0.29, 0.717) is 18.9 Å². The molecule has 1 aliphatic rings. The van der Waals surface area contributed by atoms with Crippen molar-refractivity contribution in [3.8, 4) is 23.7 Å². The molecule has 5 heteroatoms. The first kappa shape index (κ1) is 15.3. The van der Waals surface area contributed by atoms with Gasteiger partial charge in [-0.05, 0) is 17.7 Å². The molecule has 0 amide bonds. The van der Waals surface area contributed by atoms with Gasteiger partial charge in [0.05, 0.1) is 25.3 Å². The van der Waals surface area contributed by atoms with Crippen LogP contribution < -0.4 is 4.74 Å². The summed E-state index contributed by atoms with van der Waals surface area (Å²) in [6, 6.07) is 7.96. The van der Waals surface area contributed by atoms with Crippen LogP contribution in [-0.2, 0) is 11.3 Å². The predicted molar refractivity (Wildman–Crippen MR) is 77.6 cm³/mol. The lowest BCUT2D eigenvalue weighted by atomic mass is 10.1. The number of morpholine rings is 1. The number of aliphatic hydroxyl groups is 1. The molecule has 0 saturated carbocycles. The SMILES string of the molecule is COc1ccc(CN2CCOC(C#N)C2)cc1C#CCO. The summed E-state index contributed by atoms with van der Waals surface area (Å²) in [6.45, 7) is 2.55. The van der Waals surface area contributed by atoms with Crippen LogP contribution in [0.25, 0.3) is 0 Å². The fraction of sp³-hybridized carbons (Fsp3) is 0.438. The van der Waals surface area contributed by atoms with Gasteiger partial charge in [0.15, 0.2) is 6.10 Å². The summed E-state index contributed by atoms with van der Waals surface area (Å²) < 4.78 is 10.6. The Morgan fingerprint density at radius 3 is 3.10 bits per heavy atom. The van der Waals surface area contributed by atoms with E-state index in [1.54, 1.807) is 7.11 Å². The molecule has 1 N–H and O–H groups in total. The summed E-state index contributed by atoms with van der Waals surface area (Å²) >= 11 is 0. The fourth-order valence-electron chi connectivity index (χ4n) is 2.27. The number of hydrogen-bond donors (Lipinski definition) is 1. The van der Waals surface area contributed by atoms with Crippen molar-refractivity contribution in [1.29, 1.82) is 5.26 Å². The van der Waals surface area contributed by atoms with E-state index in [0.717, 1.165) is 24.2 Å². The first-order valence-electron chi connectivity index (χ1n) is 6.77. The zero-order chi connectivity index (χ0) is 15.1. The summed E-state index contributed by atoms with van der Waals surface area (Å²) in [4.78, 5) is 2.18. The number of nitriles is 1. The maximum absolute atomic E-state index is 8.92. The van der Waals surface area contributed by atoms with Crippen molar-refractivity contribution in [3.05, 3.63) is 29.3 Å². The largest absolute Gasteiger partial charge is 0.495 e. The van der Waals surface area contributed by atoms with Gasteiger partial charge in [0.1, 0.15) is 12.4 Å². The van der Waals surface area contributed by atoms with Crippen molar-refractivity contribution < 1.29 is 14.6 Å². The zero-order valence-electron chi connectivity index (χ0n) is 12.0. The third-order valence-electron chi connectivity index (χ3n) is 3.27. The maximum Gasteiger partial charge on any atom is 0.156 e. The lowest BCUT2D eigenvalue weighted by Gasteiger charge is -2.29. The van der Waals surface area contributed by atoms with Crippen LogP contribution in [0.2, 0.25) is 0 Å². The van der Waals surface area contributed by atoms with E-state index in [-0.39, 0.29) is 12.7 Å². The monoisotopic (exact) mass is 286 g/mol. The van der Waals surface area contributed by atoms with E-state index in [9.17, 15) is 0 Å². The first-order valence-corrected chi connectivity index (χ1v) is 6.77. The number of ether oxygens (including phenoxy) is 2. The van der Waals surface area contributed by atoms with Crippen LogP contribution in [0.1, 0.15) is 11.1 Å². The molecular weight excluding hydrogens is 268 g/mol. The van der Waals surface area contributed by atoms with Crippen molar-refractivity contribution >= 4 is 0 Å². The van der Waals surface area contributed by atoms with Gasteiger partial charge in [-0.3, -0.25) is 4.90 Å². The minimum atomic E-state index is -0.356. The van der Waals surface area contributed by atoms with Crippen molar-refractivity contribution in [2.45, 2.75) is 12.6 Å². The van der Waals surface area contributed by atoms with Crippen LogP contribution in [0.5, 0.6) is 5.75 Å². The van der Waals surface area contributed by atoms with Gasteiger partial charge < -0.3 is 14.6 Å². The molecule has 110 valence electrons. The van der Waals surface area contributed by atoms with Crippen LogP contribution >= 0.6 is 0 Å². The van der Waals surface area contributed by atoms with Crippen molar-refractivity contribution in [3.63, 3.8) is 0 Å². The molecule has 1 saturated heterocycles. The Kier molecular flexibility index (Phi) is 5.59. The molecule has 1 fully saturated rings. The van der Waals surface area contributed by atoms with Gasteiger partial charge in [-0.15, -0.1) is 0 Å². The number of nitrogens with zero attached hydrogens (tertiary/aromatic N) is 2. The summed E-state index contributed by atoms with van der Waals surface area (Å²) in [5.74, 6) is 6.22. The zero-order valence-corrected chi connectivity index (χ0v) is 12.0. The second kappa shape index (κ2) is 7.66. The van der Waals surface area contributed by atoms with Gasteiger partial charge in [0.2, 0.25) is 0 Å². The molecule has 0 aliphatic carbocycles. The smallest absolute Gasteiger partial charge is 0.156 e. The molecule has 0 bridgehead atoms. The molecule has 1 atom stereocenters. The molecule has 1 heterocycles. The highest BCUT2D eigenvalue weighted by Gasteiger charge is 2.20. The standard InChI is InChI=1S/C16H18N2O3/c1-20-16-5-4-13(9-14(16)3-2-7-19)11-18-6-8-21-15(10-17)12-18/h4-5,9,15,19H,6-8,11-12H2,1H3. The van der Waals surface area contributed by atoms with E-state index < -0.39 is 0 Å². The Bertz CT molecular complexity index is 583. The van der Waals surface area contributed by atoms with Gasteiger partial charge in [0.25, 0.3) is 0 Å². The van der Waals surface area contributed by atoms with Crippen molar-refractivity contribution in [1.82, 2.24) is 4.90 Å². The van der Waals surface area contributed by atoms with Crippen molar-refractivity contribution in [2.75, 3.05) is 33.4 Å². The third kappa shape index (κ3) is 4.21. The van der Waals surface area contributed by atoms with E-state index in [1.165, 1.54) is 0 Å².